The van der Waals surface area contributed by atoms with Gasteiger partial charge in [-0.15, -0.1) is 11.3 Å². The molecule has 2 rings (SSSR count). The van der Waals surface area contributed by atoms with Gasteiger partial charge in [0.15, 0.2) is 6.29 Å². The average molecular weight is 204 g/mol. The molecule has 0 amide bonds. The summed E-state index contributed by atoms with van der Waals surface area (Å²) in [6.45, 7) is 4.22. The Balaban J connectivity index is 2.83. The zero-order chi connectivity index (χ0) is 10.1. The maximum Gasteiger partial charge on any atom is 0.151 e. The highest BCUT2D eigenvalue weighted by molar-refractivity contribution is 7.17. The molecule has 1 aromatic carbocycles. The molecule has 0 spiro atoms. The van der Waals surface area contributed by atoms with Gasteiger partial charge in [-0.2, -0.15) is 0 Å². The fourth-order valence-electron chi connectivity index (χ4n) is 1.74. The van der Waals surface area contributed by atoms with E-state index in [4.69, 9.17) is 0 Å². The van der Waals surface area contributed by atoms with E-state index in [2.05, 4.69) is 26.0 Å². The van der Waals surface area contributed by atoms with Crippen molar-refractivity contribution < 1.29 is 4.79 Å². The largest absolute Gasteiger partial charge is 0.298 e. The normalized spacial score (nSPS) is 10.7. The fourth-order valence-corrected chi connectivity index (χ4v) is 2.83. The van der Waals surface area contributed by atoms with Gasteiger partial charge < -0.3 is 0 Å². The molecule has 0 aliphatic carbocycles. The molecule has 2 heteroatoms. The van der Waals surface area contributed by atoms with Crippen LogP contribution >= 0.6 is 11.3 Å². The summed E-state index contributed by atoms with van der Waals surface area (Å²) in [7, 11) is 0. The average Bonchev–Trinajstić information content (AvgIpc) is 2.59. The van der Waals surface area contributed by atoms with Crippen LogP contribution in [0, 0.1) is 6.92 Å². The Bertz CT molecular complexity index is 482. The zero-order valence-corrected chi connectivity index (χ0v) is 9.15. The second-order valence-corrected chi connectivity index (χ2v) is 4.34. The van der Waals surface area contributed by atoms with Gasteiger partial charge in [0.05, 0.1) is 0 Å². The Morgan fingerprint density at radius 2 is 2.21 bits per heavy atom. The van der Waals surface area contributed by atoms with Crippen molar-refractivity contribution in [3.63, 3.8) is 0 Å². The highest BCUT2D eigenvalue weighted by Crippen LogP contribution is 2.29. The number of aldehydes is 1. The van der Waals surface area contributed by atoms with Gasteiger partial charge in [-0.3, -0.25) is 4.79 Å². The third kappa shape index (κ3) is 1.36. The zero-order valence-electron chi connectivity index (χ0n) is 8.33. The van der Waals surface area contributed by atoms with E-state index >= 15 is 0 Å². The number of aryl methyl sites for hydroxylation is 2. The fraction of sp³-hybridized carbons (Fsp3) is 0.250. The summed E-state index contributed by atoms with van der Waals surface area (Å²) in [6, 6.07) is 4.29. The van der Waals surface area contributed by atoms with Gasteiger partial charge in [0.1, 0.15) is 0 Å². The lowest BCUT2D eigenvalue weighted by Gasteiger charge is -2.01. The van der Waals surface area contributed by atoms with Crippen LogP contribution in [0.25, 0.3) is 10.1 Å². The maximum atomic E-state index is 10.8. The van der Waals surface area contributed by atoms with Gasteiger partial charge in [0.2, 0.25) is 0 Å². The number of rotatable bonds is 2. The summed E-state index contributed by atoms with van der Waals surface area (Å²) in [5.74, 6) is 0. The lowest BCUT2D eigenvalue weighted by Crippen LogP contribution is -1.84. The molecule has 0 atom stereocenters. The van der Waals surface area contributed by atoms with Crippen LogP contribution in [0.3, 0.4) is 0 Å². The Morgan fingerprint density at radius 1 is 1.43 bits per heavy atom. The molecule has 0 aliphatic rings. The van der Waals surface area contributed by atoms with E-state index in [1.807, 2.05) is 5.38 Å². The number of carbonyl (C=O) groups excluding carboxylic acids is 1. The second-order valence-electron chi connectivity index (χ2n) is 3.46. The predicted octanol–water partition coefficient (Wildman–Crippen LogP) is 3.58. The van der Waals surface area contributed by atoms with E-state index in [1.54, 1.807) is 11.3 Å². The third-order valence-corrected chi connectivity index (χ3v) is 3.52. The van der Waals surface area contributed by atoms with Crippen LogP contribution in [-0.4, -0.2) is 6.29 Å². The maximum absolute atomic E-state index is 10.8. The Morgan fingerprint density at radius 3 is 2.86 bits per heavy atom. The van der Waals surface area contributed by atoms with Gasteiger partial charge in [0.25, 0.3) is 0 Å². The molecule has 0 saturated carbocycles. The van der Waals surface area contributed by atoms with Gasteiger partial charge in [-0.1, -0.05) is 18.6 Å². The van der Waals surface area contributed by atoms with E-state index < -0.39 is 0 Å². The van der Waals surface area contributed by atoms with Crippen LogP contribution in [0.4, 0.5) is 0 Å². The number of fused-ring (bicyclic) bond motifs is 1. The Labute approximate surface area is 87.4 Å². The SMILES string of the molecule is CCc1cc(C)cc2c(C=O)csc12. The minimum Gasteiger partial charge on any atom is -0.298 e. The second kappa shape index (κ2) is 3.54. The van der Waals surface area contributed by atoms with E-state index in [0.717, 1.165) is 23.7 Å². The molecule has 14 heavy (non-hydrogen) atoms. The lowest BCUT2D eigenvalue weighted by atomic mass is 10.0. The van der Waals surface area contributed by atoms with Gasteiger partial charge in [0, 0.05) is 21.0 Å². The molecule has 0 fully saturated rings. The standard InChI is InChI=1S/C12H12OS/c1-3-9-4-8(2)5-11-10(6-13)7-14-12(9)11/h4-7H,3H2,1-2H3. The Hall–Kier alpha value is -1.15. The molecule has 1 heterocycles. The van der Waals surface area contributed by atoms with Gasteiger partial charge in [-0.25, -0.2) is 0 Å². The van der Waals surface area contributed by atoms with Crippen LogP contribution < -0.4 is 0 Å². The van der Waals surface area contributed by atoms with Crippen molar-refractivity contribution in [1.82, 2.24) is 0 Å². The minimum absolute atomic E-state index is 0.823. The molecule has 0 bridgehead atoms. The summed E-state index contributed by atoms with van der Waals surface area (Å²) in [4.78, 5) is 10.8. The van der Waals surface area contributed by atoms with Crippen LogP contribution in [0.5, 0.6) is 0 Å². The molecule has 2 aromatic rings. The van der Waals surface area contributed by atoms with E-state index in [1.165, 1.54) is 15.8 Å². The molecule has 1 nitrogen and oxygen atoms in total. The van der Waals surface area contributed by atoms with Crippen LogP contribution in [0.15, 0.2) is 17.5 Å². The first-order chi connectivity index (χ1) is 6.76. The molecule has 0 N–H and O–H groups in total. The molecule has 72 valence electrons. The summed E-state index contributed by atoms with van der Waals surface area (Å²) in [5.41, 5.74) is 3.40. The minimum atomic E-state index is 0.823. The van der Waals surface area contributed by atoms with Crippen molar-refractivity contribution in [2.45, 2.75) is 20.3 Å². The number of benzene rings is 1. The third-order valence-electron chi connectivity index (χ3n) is 2.43. The van der Waals surface area contributed by atoms with Crippen molar-refractivity contribution in [1.29, 1.82) is 0 Å². The highest BCUT2D eigenvalue weighted by atomic mass is 32.1. The van der Waals surface area contributed by atoms with Gasteiger partial charge in [-0.05, 0) is 25.0 Å². The molecule has 0 aliphatic heterocycles. The number of carbonyl (C=O) groups is 1. The summed E-state index contributed by atoms with van der Waals surface area (Å²) >= 11 is 1.67. The first-order valence-corrected chi connectivity index (χ1v) is 5.60. The van der Waals surface area contributed by atoms with Crippen molar-refractivity contribution in [2.24, 2.45) is 0 Å². The van der Waals surface area contributed by atoms with Crippen molar-refractivity contribution in [3.05, 3.63) is 34.2 Å². The molecule has 0 saturated heterocycles. The van der Waals surface area contributed by atoms with Crippen LogP contribution in [-0.2, 0) is 6.42 Å². The van der Waals surface area contributed by atoms with Crippen LogP contribution in [0.1, 0.15) is 28.4 Å². The molecule has 0 unspecified atom stereocenters. The quantitative estimate of drug-likeness (QED) is 0.683. The molecule has 0 radical (unpaired) electrons. The molecular formula is C12H12OS. The first kappa shape index (κ1) is 9.41. The van der Waals surface area contributed by atoms with E-state index in [0.29, 0.717) is 0 Å². The predicted molar refractivity (Wildman–Crippen MR) is 61.3 cm³/mol. The number of hydrogen-bond donors (Lipinski definition) is 0. The van der Waals surface area contributed by atoms with Crippen molar-refractivity contribution in [2.75, 3.05) is 0 Å². The smallest absolute Gasteiger partial charge is 0.151 e. The summed E-state index contributed by atoms with van der Waals surface area (Å²) < 4.78 is 1.26. The van der Waals surface area contributed by atoms with Gasteiger partial charge >= 0.3 is 0 Å². The van der Waals surface area contributed by atoms with E-state index in [9.17, 15) is 4.79 Å². The molecule has 1 aromatic heterocycles. The van der Waals surface area contributed by atoms with Crippen molar-refractivity contribution in [3.8, 4) is 0 Å². The highest BCUT2D eigenvalue weighted by Gasteiger charge is 2.07. The summed E-state index contributed by atoms with van der Waals surface area (Å²) in [5, 5.41) is 3.05. The first-order valence-electron chi connectivity index (χ1n) is 4.72. The number of hydrogen-bond acceptors (Lipinski definition) is 2. The van der Waals surface area contributed by atoms with E-state index in [-0.39, 0.29) is 0 Å². The van der Waals surface area contributed by atoms with Crippen LogP contribution in [0.2, 0.25) is 0 Å². The summed E-state index contributed by atoms with van der Waals surface area (Å²) in [6.07, 6.45) is 1.97. The Kier molecular flexibility index (Phi) is 2.38. The lowest BCUT2D eigenvalue weighted by molar-refractivity contribution is 0.112. The number of thiophene rings is 1. The monoisotopic (exact) mass is 204 g/mol. The molecular weight excluding hydrogens is 192 g/mol. The van der Waals surface area contributed by atoms with Crippen molar-refractivity contribution >= 4 is 27.7 Å². The topological polar surface area (TPSA) is 17.1 Å².